The zero-order chi connectivity index (χ0) is 13.8. The fourth-order valence-corrected chi connectivity index (χ4v) is 1.97. The van der Waals surface area contributed by atoms with Crippen LogP contribution in [0.3, 0.4) is 0 Å². The first kappa shape index (κ1) is 13.3. The predicted octanol–water partition coefficient (Wildman–Crippen LogP) is 2.19. The van der Waals surface area contributed by atoms with E-state index in [1.807, 2.05) is 20.8 Å². The minimum atomic E-state index is 0.0364. The van der Waals surface area contributed by atoms with Crippen molar-refractivity contribution in [3.63, 3.8) is 0 Å². The standard InChI is InChI=1S/C15H19N3O/c1-10-4-5-11(2)13(6-10)7-15(19)16-8-14-9-17-18-12(14)3/h4-6,9H,7-8H2,1-3H3,(H,16,19)(H,17,18). The van der Waals surface area contributed by atoms with Gasteiger partial charge in [0, 0.05) is 17.8 Å². The lowest BCUT2D eigenvalue weighted by atomic mass is 10.0. The van der Waals surface area contributed by atoms with Gasteiger partial charge in [-0.1, -0.05) is 23.8 Å². The van der Waals surface area contributed by atoms with E-state index in [0.717, 1.165) is 22.4 Å². The van der Waals surface area contributed by atoms with Crippen molar-refractivity contribution in [1.29, 1.82) is 0 Å². The molecule has 1 amide bonds. The third-order valence-electron chi connectivity index (χ3n) is 3.27. The average molecular weight is 257 g/mol. The van der Waals surface area contributed by atoms with E-state index in [0.29, 0.717) is 13.0 Å². The molecule has 1 aromatic carbocycles. The van der Waals surface area contributed by atoms with Crippen LogP contribution >= 0.6 is 0 Å². The lowest BCUT2D eigenvalue weighted by molar-refractivity contribution is -0.120. The SMILES string of the molecule is Cc1ccc(C)c(CC(=O)NCc2cn[nH]c2C)c1. The highest BCUT2D eigenvalue weighted by molar-refractivity contribution is 5.79. The first-order valence-electron chi connectivity index (χ1n) is 6.38. The van der Waals surface area contributed by atoms with Gasteiger partial charge in [0.1, 0.15) is 0 Å². The minimum absolute atomic E-state index is 0.0364. The molecule has 0 radical (unpaired) electrons. The Kier molecular flexibility index (Phi) is 4.00. The Bertz CT molecular complexity index is 587. The predicted molar refractivity (Wildman–Crippen MR) is 74.8 cm³/mol. The van der Waals surface area contributed by atoms with Crippen LogP contribution in [0.15, 0.2) is 24.4 Å². The van der Waals surface area contributed by atoms with Gasteiger partial charge in [0.2, 0.25) is 5.91 Å². The number of nitrogens with zero attached hydrogens (tertiary/aromatic N) is 1. The van der Waals surface area contributed by atoms with Gasteiger partial charge in [0.25, 0.3) is 0 Å². The van der Waals surface area contributed by atoms with Crippen molar-refractivity contribution in [3.05, 3.63) is 52.3 Å². The Morgan fingerprint density at radius 1 is 1.26 bits per heavy atom. The molecule has 2 N–H and O–H groups in total. The Hall–Kier alpha value is -2.10. The van der Waals surface area contributed by atoms with Gasteiger partial charge in [-0.05, 0) is 31.9 Å². The second-order valence-corrected chi connectivity index (χ2v) is 4.90. The summed E-state index contributed by atoms with van der Waals surface area (Å²) >= 11 is 0. The number of amides is 1. The second kappa shape index (κ2) is 5.69. The highest BCUT2D eigenvalue weighted by Gasteiger charge is 2.07. The van der Waals surface area contributed by atoms with Gasteiger partial charge in [0.15, 0.2) is 0 Å². The van der Waals surface area contributed by atoms with E-state index in [2.05, 4.69) is 33.7 Å². The quantitative estimate of drug-likeness (QED) is 0.882. The van der Waals surface area contributed by atoms with Gasteiger partial charge in [-0.2, -0.15) is 5.10 Å². The van der Waals surface area contributed by atoms with Crippen LogP contribution in [-0.2, 0) is 17.8 Å². The molecule has 19 heavy (non-hydrogen) atoms. The monoisotopic (exact) mass is 257 g/mol. The molecule has 0 unspecified atom stereocenters. The highest BCUT2D eigenvalue weighted by Crippen LogP contribution is 2.11. The molecule has 4 heteroatoms. The zero-order valence-corrected chi connectivity index (χ0v) is 11.6. The average Bonchev–Trinajstić information content (AvgIpc) is 2.77. The normalized spacial score (nSPS) is 10.5. The van der Waals surface area contributed by atoms with Gasteiger partial charge < -0.3 is 5.32 Å². The molecule has 0 saturated carbocycles. The summed E-state index contributed by atoms with van der Waals surface area (Å²) in [5.41, 5.74) is 5.43. The minimum Gasteiger partial charge on any atom is -0.352 e. The van der Waals surface area contributed by atoms with Gasteiger partial charge in [-0.15, -0.1) is 0 Å². The smallest absolute Gasteiger partial charge is 0.224 e. The molecule has 4 nitrogen and oxygen atoms in total. The van der Waals surface area contributed by atoms with Crippen LogP contribution in [0.1, 0.15) is 27.9 Å². The van der Waals surface area contributed by atoms with E-state index < -0.39 is 0 Å². The number of hydrogen-bond donors (Lipinski definition) is 2. The first-order chi connectivity index (χ1) is 9.06. The summed E-state index contributed by atoms with van der Waals surface area (Å²) in [5.74, 6) is 0.0364. The molecule has 0 saturated heterocycles. The molecule has 2 rings (SSSR count). The lowest BCUT2D eigenvalue weighted by Crippen LogP contribution is -2.25. The summed E-state index contributed by atoms with van der Waals surface area (Å²) in [5, 5.41) is 9.71. The van der Waals surface area contributed by atoms with Crippen LogP contribution in [0.25, 0.3) is 0 Å². The number of aromatic nitrogens is 2. The highest BCUT2D eigenvalue weighted by atomic mass is 16.1. The molecule has 0 atom stereocenters. The molecule has 0 fully saturated rings. The van der Waals surface area contributed by atoms with E-state index in [-0.39, 0.29) is 5.91 Å². The van der Waals surface area contributed by atoms with Crippen molar-refractivity contribution in [1.82, 2.24) is 15.5 Å². The number of benzene rings is 1. The summed E-state index contributed by atoms with van der Waals surface area (Å²) in [7, 11) is 0. The topological polar surface area (TPSA) is 57.8 Å². The van der Waals surface area contributed by atoms with E-state index in [9.17, 15) is 4.79 Å². The van der Waals surface area contributed by atoms with Crippen LogP contribution in [-0.4, -0.2) is 16.1 Å². The van der Waals surface area contributed by atoms with Gasteiger partial charge in [-0.25, -0.2) is 0 Å². The van der Waals surface area contributed by atoms with E-state index >= 15 is 0 Å². The number of aromatic amines is 1. The van der Waals surface area contributed by atoms with E-state index in [1.165, 1.54) is 5.56 Å². The van der Waals surface area contributed by atoms with E-state index in [1.54, 1.807) is 6.20 Å². The molecule has 0 aliphatic rings. The Morgan fingerprint density at radius 2 is 2.05 bits per heavy atom. The Labute approximate surface area is 113 Å². The first-order valence-corrected chi connectivity index (χ1v) is 6.38. The largest absolute Gasteiger partial charge is 0.352 e. The molecule has 100 valence electrons. The van der Waals surface area contributed by atoms with Crippen molar-refractivity contribution < 1.29 is 4.79 Å². The molecular formula is C15H19N3O. The third-order valence-corrected chi connectivity index (χ3v) is 3.27. The maximum absolute atomic E-state index is 11.9. The van der Waals surface area contributed by atoms with Crippen molar-refractivity contribution >= 4 is 5.91 Å². The molecule has 2 aromatic rings. The molecule has 0 aliphatic carbocycles. The Balaban J connectivity index is 1.94. The van der Waals surface area contributed by atoms with Crippen molar-refractivity contribution in [3.8, 4) is 0 Å². The van der Waals surface area contributed by atoms with Crippen LogP contribution in [0.4, 0.5) is 0 Å². The molecule has 1 heterocycles. The summed E-state index contributed by atoms with van der Waals surface area (Å²) in [6.45, 7) is 6.53. The number of aryl methyl sites for hydroxylation is 3. The van der Waals surface area contributed by atoms with Crippen molar-refractivity contribution in [2.75, 3.05) is 0 Å². The fraction of sp³-hybridized carbons (Fsp3) is 0.333. The maximum Gasteiger partial charge on any atom is 0.224 e. The molecule has 0 bridgehead atoms. The summed E-state index contributed by atoms with van der Waals surface area (Å²) in [6, 6.07) is 6.18. The number of rotatable bonds is 4. The maximum atomic E-state index is 11.9. The molecular weight excluding hydrogens is 238 g/mol. The van der Waals surface area contributed by atoms with Crippen molar-refractivity contribution in [2.24, 2.45) is 0 Å². The number of carbonyl (C=O) groups is 1. The van der Waals surface area contributed by atoms with Gasteiger partial charge in [0.05, 0.1) is 12.6 Å². The molecule has 0 aliphatic heterocycles. The third kappa shape index (κ3) is 3.44. The fourth-order valence-electron chi connectivity index (χ4n) is 1.97. The van der Waals surface area contributed by atoms with Crippen LogP contribution < -0.4 is 5.32 Å². The number of H-pyrrole nitrogens is 1. The van der Waals surface area contributed by atoms with E-state index in [4.69, 9.17) is 0 Å². The van der Waals surface area contributed by atoms with Crippen LogP contribution in [0, 0.1) is 20.8 Å². The zero-order valence-electron chi connectivity index (χ0n) is 11.6. The van der Waals surface area contributed by atoms with Crippen LogP contribution in [0.2, 0.25) is 0 Å². The van der Waals surface area contributed by atoms with Crippen molar-refractivity contribution in [2.45, 2.75) is 33.7 Å². The lowest BCUT2D eigenvalue weighted by Gasteiger charge is -2.08. The van der Waals surface area contributed by atoms with Crippen LogP contribution in [0.5, 0.6) is 0 Å². The number of carbonyl (C=O) groups excluding carboxylic acids is 1. The van der Waals surface area contributed by atoms with Gasteiger partial charge in [-0.3, -0.25) is 9.89 Å². The molecule has 1 aromatic heterocycles. The number of nitrogens with one attached hydrogen (secondary N) is 2. The van der Waals surface area contributed by atoms with Gasteiger partial charge >= 0.3 is 0 Å². The molecule has 0 spiro atoms. The number of hydrogen-bond acceptors (Lipinski definition) is 2. The summed E-state index contributed by atoms with van der Waals surface area (Å²) < 4.78 is 0. The second-order valence-electron chi connectivity index (χ2n) is 4.90. The Morgan fingerprint density at radius 3 is 2.74 bits per heavy atom. The summed E-state index contributed by atoms with van der Waals surface area (Å²) in [4.78, 5) is 11.9. The summed E-state index contributed by atoms with van der Waals surface area (Å²) in [6.07, 6.45) is 2.16.